The summed E-state index contributed by atoms with van der Waals surface area (Å²) >= 11 is 11.2. The Labute approximate surface area is 222 Å². The van der Waals surface area contributed by atoms with Crippen molar-refractivity contribution in [3.8, 4) is 5.75 Å². The number of halogens is 2. The van der Waals surface area contributed by atoms with Crippen molar-refractivity contribution >= 4 is 46.4 Å². The molecule has 3 rings (SSSR count). The number of ether oxygens (including phenoxy) is 2. The third-order valence-corrected chi connectivity index (χ3v) is 8.28. The highest BCUT2D eigenvalue weighted by molar-refractivity contribution is 7.91. The van der Waals surface area contributed by atoms with Gasteiger partial charge in [-0.3, -0.25) is 0 Å². The summed E-state index contributed by atoms with van der Waals surface area (Å²) in [4.78, 5) is 14.4. The Morgan fingerprint density at radius 1 is 1.17 bits per heavy atom. The van der Waals surface area contributed by atoms with Crippen molar-refractivity contribution < 1.29 is 18.8 Å². The zero-order chi connectivity index (χ0) is 26.1. The molecule has 6 nitrogen and oxygen atoms in total. The molecule has 1 aromatic rings. The Bertz CT molecular complexity index is 973. The maximum absolute atomic E-state index is 13.1. The molecule has 0 radical (unpaired) electrons. The van der Waals surface area contributed by atoms with E-state index in [0.29, 0.717) is 58.6 Å². The molecule has 0 bridgehead atoms. The van der Waals surface area contributed by atoms with E-state index in [0.717, 1.165) is 12.8 Å². The minimum atomic E-state index is -1.47. The lowest BCUT2D eigenvalue weighted by atomic mass is 9.93. The highest BCUT2D eigenvalue weighted by atomic mass is 35.5. The minimum absolute atomic E-state index is 0.0559. The number of likely N-dealkylation sites (tertiary alicyclic amines) is 1. The smallest absolute Gasteiger partial charge is 0.410 e. The maximum Gasteiger partial charge on any atom is 0.410 e. The molecule has 0 aromatic heterocycles. The van der Waals surface area contributed by atoms with Crippen molar-refractivity contribution in [1.29, 1.82) is 0 Å². The molecule has 1 aliphatic heterocycles. The normalized spacial score (nSPS) is 23.7. The van der Waals surface area contributed by atoms with Crippen LogP contribution < -0.4 is 4.74 Å². The van der Waals surface area contributed by atoms with Gasteiger partial charge in [0.2, 0.25) is 0 Å². The molecule has 2 fully saturated rings. The number of benzene rings is 1. The summed E-state index contributed by atoms with van der Waals surface area (Å²) in [5.41, 5.74) is 0.894. The van der Waals surface area contributed by atoms with E-state index in [1.165, 1.54) is 0 Å². The summed E-state index contributed by atoms with van der Waals surface area (Å²) in [7, 11) is 0. The SMILES string of the molecule is C=CCOc1cc(Cl)c(Cl)cc1C(=N[S+]([O-])C(C)(C)C)C1CC2CN(C(=O)OC(C)(C)C)CC2C1. The Morgan fingerprint density at radius 2 is 1.74 bits per heavy atom. The lowest BCUT2D eigenvalue weighted by Crippen LogP contribution is -2.36. The van der Waals surface area contributed by atoms with Gasteiger partial charge in [0.05, 0.1) is 10.0 Å². The van der Waals surface area contributed by atoms with Crippen molar-refractivity contribution in [2.75, 3.05) is 19.7 Å². The van der Waals surface area contributed by atoms with E-state index in [1.54, 1.807) is 23.1 Å². The molecule has 3 atom stereocenters. The van der Waals surface area contributed by atoms with Gasteiger partial charge in [-0.1, -0.05) is 40.3 Å². The van der Waals surface area contributed by atoms with Crippen LogP contribution in [0.2, 0.25) is 10.0 Å². The van der Waals surface area contributed by atoms with Gasteiger partial charge in [-0.15, -0.1) is 0 Å². The van der Waals surface area contributed by atoms with Crippen LogP contribution in [-0.2, 0) is 16.1 Å². The van der Waals surface area contributed by atoms with Gasteiger partial charge in [0.1, 0.15) is 39.8 Å². The van der Waals surface area contributed by atoms with Crippen LogP contribution >= 0.6 is 23.2 Å². The summed E-state index contributed by atoms with van der Waals surface area (Å²) in [6.07, 6.45) is 3.04. The quantitative estimate of drug-likeness (QED) is 0.227. The van der Waals surface area contributed by atoms with Gasteiger partial charge >= 0.3 is 6.09 Å². The standard InChI is InChI=1S/C26H36Cl2N2O4S/c1-8-9-33-22-13-21(28)20(27)12-19(22)23(29-35(32)26(5,6)7)16-10-17-14-30(15-18(17)11-16)24(31)34-25(2,3)4/h8,12-13,16-18H,1,9-11,14-15H2,2-7H3. The molecule has 194 valence electrons. The van der Waals surface area contributed by atoms with Gasteiger partial charge in [0.15, 0.2) is 0 Å². The Morgan fingerprint density at radius 3 is 2.26 bits per heavy atom. The van der Waals surface area contributed by atoms with Crippen LogP contribution in [0.5, 0.6) is 5.75 Å². The van der Waals surface area contributed by atoms with Crippen LogP contribution in [0.4, 0.5) is 4.79 Å². The molecule has 1 saturated heterocycles. The van der Waals surface area contributed by atoms with Crippen molar-refractivity contribution in [1.82, 2.24) is 4.90 Å². The molecule has 1 saturated carbocycles. The first-order chi connectivity index (χ1) is 16.2. The van der Waals surface area contributed by atoms with Crippen molar-refractivity contribution in [3.05, 3.63) is 40.4 Å². The second kappa shape index (κ2) is 10.9. The Hall–Kier alpha value is -1.41. The fourth-order valence-electron chi connectivity index (χ4n) is 4.57. The highest BCUT2D eigenvalue weighted by Gasteiger charge is 2.46. The number of fused-ring (bicyclic) bond motifs is 1. The summed E-state index contributed by atoms with van der Waals surface area (Å²) in [6, 6.07) is 3.43. The predicted molar refractivity (Wildman–Crippen MR) is 144 cm³/mol. The largest absolute Gasteiger partial charge is 0.591 e. The van der Waals surface area contributed by atoms with E-state index in [4.69, 9.17) is 37.1 Å². The van der Waals surface area contributed by atoms with Gasteiger partial charge in [-0.05, 0) is 72.3 Å². The molecule has 0 N–H and O–H groups in total. The molecule has 1 aromatic carbocycles. The highest BCUT2D eigenvalue weighted by Crippen LogP contribution is 2.45. The number of hydrogen-bond acceptors (Lipinski definition) is 5. The second-order valence-corrected chi connectivity index (χ2v) is 14.0. The van der Waals surface area contributed by atoms with Crippen LogP contribution in [0.25, 0.3) is 0 Å². The monoisotopic (exact) mass is 542 g/mol. The van der Waals surface area contributed by atoms with Gasteiger partial charge in [0, 0.05) is 30.6 Å². The molecule has 1 amide bonds. The minimum Gasteiger partial charge on any atom is -0.591 e. The average Bonchev–Trinajstić information content (AvgIpc) is 3.30. The lowest BCUT2D eigenvalue weighted by molar-refractivity contribution is 0.0279. The van der Waals surface area contributed by atoms with Gasteiger partial charge in [-0.2, -0.15) is 0 Å². The van der Waals surface area contributed by atoms with Gasteiger partial charge in [-0.25, -0.2) is 4.79 Å². The van der Waals surface area contributed by atoms with Crippen LogP contribution in [0, 0.1) is 17.8 Å². The number of hydrogen-bond donors (Lipinski definition) is 0. The molecule has 0 spiro atoms. The second-order valence-electron chi connectivity index (χ2n) is 11.3. The predicted octanol–water partition coefficient (Wildman–Crippen LogP) is 6.70. The number of rotatable bonds is 6. The van der Waals surface area contributed by atoms with Crippen LogP contribution in [-0.4, -0.2) is 51.3 Å². The van der Waals surface area contributed by atoms with Gasteiger partial charge < -0.3 is 18.9 Å². The molecule has 1 heterocycles. The van der Waals surface area contributed by atoms with Crippen molar-refractivity contribution in [3.63, 3.8) is 0 Å². The number of amides is 1. The van der Waals surface area contributed by atoms with E-state index < -0.39 is 21.7 Å². The van der Waals surface area contributed by atoms with Crippen LogP contribution in [0.15, 0.2) is 29.2 Å². The molecule has 2 aliphatic rings. The van der Waals surface area contributed by atoms with E-state index in [2.05, 4.69) is 6.58 Å². The topological polar surface area (TPSA) is 74.2 Å². The molecular formula is C26H36Cl2N2O4S. The van der Waals surface area contributed by atoms with Crippen LogP contribution in [0.1, 0.15) is 59.9 Å². The van der Waals surface area contributed by atoms with Crippen molar-refractivity contribution in [2.45, 2.75) is 64.7 Å². The summed E-state index contributed by atoms with van der Waals surface area (Å²) in [5, 5.41) is 0.762. The summed E-state index contributed by atoms with van der Waals surface area (Å²) in [6.45, 7) is 16.6. The molecule has 3 unspecified atom stereocenters. The lowest BCUT2D eigenvalue weighted by Gasteiger charge is -2.26. The Balaban J connectivity index is 1.91. The molecular weight excluding hydrogens is 507 g/mol. The Kier molecular flexibility index (Phi) is 8.78. The number of carbonyl (C=O) groups excluding carboxylic acids is 1. The molecule has 1 aliphatic carbocycles. The first-order valence-corrected chi connectivity index (χ1v) is 13.8. The third kappa shape index (κ3) is 7.09. The fourth-order valence-corrected chi connectivity index (χ4v) is 5.58. The molecule has 35 heavy (non-hydrogen) atoms. The maximum atomic E-state index is 13.1. The average molecular weight is 544 g/mol. The van der Waals surface area contributed by atoms with Crippen molar-refractivity contribution in [2.24, 2.45) is 22.2 Å². The number of carbonyl (C=O) groups is 1. The first-order valence-electron chi connectivity index (χ1n) is 11.9. The fraction of sp³-hybridized carbons (Fsp3) is 0.615. The summed E-state index contributed by atoms with van der Waals surface area (Å²) < 4.78 is 28.8. The van der Waals surface area contributed by atoms with E-state index >= 15 is 0 Å². The molecule has 9 heteroatoms. The zero-order valence-electron chi connectivity index (χ0n) is 21.4. The number of nitrogens with zero attached hydrogens (tertiary/aromatic N) is 2. The summed E-state index contributed by atoms with van der Waals surface area (Å²) in [5.74, 6) is 1.24. The first kappa shape index (κ1) is 28.2. The zero-order valence-corrected chi connectivity index (χ0v) is 23.7. The van der Waals surface area contributed by atoms with E-state index in [-0.39, 0.29) is 12.0 Å². The van der Waals surface area contributed by atoms with Crippen LogP contribution in [0.3, 0.4) is 0 Å². The van der Waals surface area contributed by atoms with Gasteiger partial charge in [0.25, 0.3) is 0 Å². The van der Waals surface area contributed by atoms with E-state index in [1.807, 2.05) is 41.5 Å². The van der Waals surface area contributed by atoms with E-state index in [9.17, 15) is 9.35 Å². The third-order valence-electron chi connectivity index (χ3n) is 6.15.